The molecule has 2 aliphatic carbocycles. The van der Waals surface area contributed by atoms with Gasteiger partial charge in [-0.1, -0.05) is 38.5 Å². The summed E-state index contributed by atoms with van der Waals surface area (Å²) in [7, 11) is 0. The minimum Gasteiger partial charge on any atom is -0.300 e. The van der Waals surface area contributed by atoms with E-state index in [4.69, 9.17) is 0 Å². The van der Waals surface area contributed by atoms with Gasteiger partial charge in [0.15, 0.2) is 0 Å². The number of carbonyl (C=O) groups excluding carboxylic acids is 4. The molecule has 0 unspecified atom stereocenters. The van der Waals surface area contributed by atoms with Gasteiger partial charge in [0.1, 0.15) is 11.7 Å². The molecule has 144 valence electrons. The fraction of sp³-hybridized carbons (Fsp3) is 0.800. The molecule has 0 aromatic rings. The molecule has 6 heteroatoms. The van der Waals surface area contributed by atoms with Gasteiger partial charge in [0, 0.05) is 18.5 Å². The third-order valence-corrected chi connectivity index (χ3v) is 6.15. The maximum absolute atomic E-state index is 13.2. The van der Waals surface area contributed by atoms with Crippen LogP contribution in [0.5, 0.6) is 0 Å². The van der Waals surface area contributed by atoms with Crippen LogP contribution >= 0.6 is 0 Å². The number of imide groups is 2. The number of Topliss-reactive ketones (excluding diaryl/α,β-unsaturated/α-hetero) is 1. The first-order valence-corrected chi connectivity index (χ1v) is 10.2. The number of nitrogens with zero attached hydrogens (tertiary/aromatic N) is 2. The molecule has 6 nitrogen and oxygen atoms in total. The van der Waals surface area contributed by atoms with Crippen LogP contribution in [-0.4, -0.2) is 45.5 Å². The van der Waals surface area contributed by atoms with Gasteiger partial charge in [0.05, 0.1) is 0 Å². The zero-order chi connectivity index (χ0) is 18.7. The molecule has 3 rings (SSSR count). The molecule has 1 heterocycles. The molecule has 0 spiro atoms. The number of hydrogen-bond donors (Lipinski definition) is 0. The van der Waals surface area contributed by atoms with Crippen LogP contribution in [0, 0.1) is 5.92 Å². The van der Waals surface area contributed by atoms with Crippen molar-refractivity contribution in [3.05, 3.63) is 0 Å². The van der Waals surface area contributed by atoms with E-state index in [1.807, 2.05) is 0 Å². The topological polar surface area (TPSA) is 74.8 Å². The van der Waals surface area contributed by atoms with Crippen molar-refractivity contribution < 1.29 is 19.2 Å². The normalized spacial score (nSPS) is 24.4. The lowest BCUT2D eigenvalue weighted by Crippen LogP contribution is -2.65. The van der Waals surface area contributed by atoms with Crippen molar-refractivity contribution in [1.29, 1.82) is 0 Å². The number of rotatable bonds is 5. The second-order valence-corrected chi connectivity index (χ2v) is 8.08. The maximum atomic E-state index is 13.2. The molecule has 4 amide bonds. The van der Waals surface area contributed by atoms with Crippen LogP contribution in [-0.2, 0) is 14.4 Å². The number of barbiturate groups is 1. The second-order valence-electron chi connectivity index (χ2n) is 8.08. The summed E-state index contributed by atoms with van der Waals surface area (Å²) in [5.41, 5.74) is 0. The lowest BCUT2D eigenvalue weighted by molar-refractivity contribution is -0.153. The number of carbonyl (C=O) groups is 4. The number of amides is 4. The van der Waals surface area contributed by atoms with Crippen molar-refractivity contribution in [1.82, 2.24) is 9.80 Å². The van der Waals surface area contributed by atoms with Crippen LogP contribution < -0.4 is 0 Å². The highest BCUT2D eigenvalue weighted by Crippen LogP contribution is 2.33. The molecule has 2 saturated carbocycles. The molecule has 0 radical (unpaired) electrons. The molecule has 0 atom stereocenters. The van der Waals surface area contributed by atoms with Gasteiger partial charge < -0.3 is 4.79 Å². The summed E-state index contributed by atoms with van der Waals surface area (Å²) in [4.78, 5) is 53.4. The van der Waals surface area contributed by atoms with Gasteiger partial charge in [-0.2, -0.15) is 0 Å². The van der Waals surface area contributed by atoms with Crippen molar-refractivity contribution in [2.75, 3.05) is 0 Å². The summed E-state index contributed by atoms with van der Waals surface area (Å²) in [6.07, 6.45) is 10.0. The quantitative estimate of drug-likeness (QED) is 0.702. The molecule has 0 bridgehead atoms. The fourth-order valence-electron chi connectivity index (χ4n) is 4.69. The van der Waals surface area contributed by atoms with Gasteiger partial charge in [-0.15, -0.1) is 0 Å². The molecule has 0 aromatic carbocycles. The zero-order valence-electron chi connectivity index (χ0n) is 15.7. The van der Waals surface area contributed by atoms with Gasteiger partial charge in [0.2, 0.25) is 11.8 Å². The summed E-state index contributed by atoms with van der Waals surface area (Å²) >= 11 is 0. The predicted octanol–water partition coefficient (Wildman–Crippen LogP) is 3.43. The molecular formula is C20H30N2O4. The van der Waals surface area contributed by atoms with E-state index in [2.05, 4.69) is 0 Å². The molecule has 3 fully saturated rings. The molecule has 1 aliphatic heterocycles. The third-order valence-electron chi connectivity index (χ3n) is 6.15. The number of ketones is 1. The van der Waals surface area contributed by atoms with E-state index >= 15 is 0 Å². The van der Waals surface area contributed by atoms with Crippen LogP contribution in [0.2, 0.25) is 0 Å². The van der Waals surface area contributed by atoms with E-state index in [1.54, 1.807) is 0 Å². The second kappa shape index (κ2) is 8.31. The fourth-order valence-corrected chi connectivity index (χ4v) is 4.69. The summed E-state index contributed by atoms with van der Waals surface area (Å²) in [6.45, 7) is 1.47. The Hall–Kier alpha value is -1.72. The van der Waals surface area contributed by atoms with Gasteiger partial charge in [-0.25, -0.2) is 4.79 Å². The maximum Gasteiger partial charge on any atom is 0.333 e. The summed E-state index contributed by atoms with van der Waals surface area (Å²) < 4.78 is 0. The van der Waals surface area contributed by atoms with E-state index in [0.717, 1.165) is 64.2 Å². The Bertz CT molecular complexity index is 536. The number of hydrogen-bond acceptors (Lipinski definition) is 4. The van der Waals surface area contributed by atoms with E-state index in [0.29, 0.717) is 0 Å². The van der Waals surface area contributed by atoms with E-state index in [9.17, 15) is 19.2 Å². The molecule has 0 N–H and O–H groups in total. The third kappa shape index (κ3) is 3.84. The van der Waals surface area contributed by atoms with Crippen LogP contribution in [0.25, 0.3) is 0 Å². The Morgan fingerprint density at radius 2 is 1.23 bits per heavy atom. The van der Waals surface area contributed by atoms with E-state index in [1.165, 1.54) is 16.7 Å². The monoisotopic (exact) mass is 362 g/mol. The smallest absolute Gasteiger partial charge is 0.300 e. The Kier molecular flexibility index (Phi) is 6.09. The van der Waals surface area contributed by atoms with Gasteiger partial charge in [-0.3, -0.25) is 19.4 Å². The van der Waals surface area contributed by atoms with Crippen LogP contribution in [0.3, 0.4) is 0 Å². The van der Waals surface area contributed by atoms with E-state index < -0.39 is 11.9 Å². The van der Waals surface area contributed by atoms with Crippen molar-refractivity contribution in [2.24, 2.45) is 5.92 Å². The average Bonchev–Trinajstić information content (AvgIpc) is 2.63. The average molecular weight is 362 g/mol. The van der Waals surface area contributed by atoms with Crippen molar-refractivity contribution in [3.8, 4) is 0 Å². The predicted molar refractivity (Wildman–Crippen MR) is 96.2 cm³/mol. The van der Waals surface area contributed by atoms with Gasteiger partial charge >= 0.3 is 6.03 Å². The SMILES string of the molecule is CC(=O)CCC1C(=O)N(C2CCCCC2)C(=O)N(C2CCCCC2)C1=O. The highest BCUT2D eigenvalue weighted by molar-refractivity contribution is 6.16. The van der Waals surface area contributed by atoms with Crippen LogP contribution in [0.4, 0.5) is 4.79 Å². The summed E-state index contributed by atoms with van der Waals surface area (Å²) in [5, 5.41) is 0. The Morgan fingerprint density at radius 3 is 1.62 bits per heavy atom. The lowest BCUT2D eigenvalue weighted by Gasteiger charge is -2.45. The molecular weight excluding hydrogens is 332 g/mol. The molecule has 3 aliphatic rings. The molecule has 26 heavy (non-hydrogen) atoms. The minimum absolute atomic E-state index is 0.0315. The first kappa shape index (κ1) is 19.1. The largest absolute Gasteiger partial charge is 0.333 e. The molecule has 0 aromatic heterocycles. The molecule has 1 saturated heterocycles. The zero-order valence-corrected chi connectivity index (χ0v) is 15.7. The standard InChI is InChI=1S/C20H30N2O4/c1-14(23)12-13-17-18(24)21(15-8-4-2-5-9-15)20(26)22(19(17)25)16-10-6-3-7-11-16/h15-17H,2-13H2,1H3. The van der Waals surface area contributed by atoms with Gasteiger partial charge in [-0.05, 0) is 39.0 Å². The van der Waals surface area contributed by atoms with E-state index in [-0.39, 0.29) is 42.5 Å². The summed E-state index contributed by atoms with van der Waals surface area (Å²) in [6, 6.07) is -0.594. The van der Waals surface area contributed by atoms with Crippen molar-refractivity contribution in [2.45, 2.75) is 96.1 Å². The lowest BCUT2D eigenvalue weighted by atomic mass is 9.88. The Balaban J connectivity index is 1.87. The highest BCUT2D eigenvalue weighted by atomic mass is 16.2. The van der Waals surface area contributed by atoms with Crippen LogP contribution in [0.15, 0.2) is 0 Å². The highest BCUT2D eigenvalue weighted by Gasteiger charge is 2.50. The van der Waals surface area contributed by atoms with Gasteiger partial charge in [0.25, 0.3) is 0 Å². The number of urea groups is 1. The van der Waals surface area contributed by atoms with Crippen molar-refractivity contribution in [3.63, 3.8) is 0 Å². The minimum atomic E-state index is -0.875. The Morgan fingerprint density at radius 1 is 0.808 bits per heavy atom. The van der Waals surface area contributed by atoms with Crippen LogP contribution in [0.1, 0.15) is 84.0 Å². The Labute approximate surface area is 155 Å². The van der Waals surface area contributed by atoms with Crippen molar-refractivity contribution >= 4 is 23.6 Å². The first-order chi connectivity index (χ1) is 12.5. The summed E-state index contributed by atoms with van der Waals surface area (Å²) in [5.74, 6) is -1.66. The first-order valence-electron chi connectivity index (χ1n) is 10.2.